The van der Waals surface area contributed by atoms with Gasteiger partial charge in [-0.1, -0.05) is 23.2 Å². The molecule has 2 amide bonds. The predicted octanol–water partition coefficient (Wildman–Crippen LogP) is 5.36. The van der Waals surface area contributed by atoms with Crippen LogP contribution in [-0.2, 0) is 15.8 Å². The predicted molar refractivity (Wildman–Crippen MR) is 164 cm³/mol. The van der Waals surface area contributed by atoms with Gasteiger partial charge in [0.1, 0.15) is 40.3 Å². The monoisotopic (exact) mass is 656 g/mol. The molecular weight excluding hydrogens is 629 g/mol. The molecule has 0 saturated heterocycles. The number of methoxy groups -OCH3 is 1. The number of benzene rings is 2. The van der Waals surface area contributed by atoms with Crippen LogP contribution in [0.5, 0.6) is 11.5 Å². The second-order valence-corrected chi connectivity index (χ2v) is 12.4. The highest BCUT2D eigenvalue weighted by Crippen LogP contribution is 2.50. The van der Waals surface area contributed by atoms with Crippen molar-refractivity contribution in [2.45, 2.75) is 37.7 Å². The number of rotatable bonds is 8. The number of fused-ring (bicyclic) bond motifs is 2. The van der Waals surface area contributed by atoms with Gasteiger partial charge in [0.2, 0.25) is 5.91 Å². The number of aliphatic hydroxyl groups is 1. The molecule has 3 heterocycles. The van der Waals surface area contributed by atoms with Crippen molar-refractivity contribution in [2.24, 2.45) is 11.7 Å². The number of aromatic nitrogens is 2. The Balaban J connectivity index is 1.42. The van der Waals surface area contributed by atoms with Crippen LogP contribution < -0.4 is 20.5 Å². The van der Waals surface area contributed by atoms with Gasteiger partial charge < -0.3 is 25.6 Å². The molecular formula is C32H28Cl2F2N4O5. The minimum Gasteiger partial charge on any atom is -0.494 e. The highest BCUT2D eigenvalue weighted by atomic mass is 35.5. The van der Waals surface area contributed by atoms with E-state index < -0.39 is 39.5 Å². The van der Waals surface area contributed by atoms with Crippen LogP contribution >= 0.6 is 23.2 Å². The molecule has 1 aliphatic heterocycles. The van der Waals surface area contributed by atoms with E-state index in [4.69, 9.17) is 38.4 Å². The Kier molecular flexibility index (Phi) is 7.62. The number of nitrogens with one attached hydrogen (secondary N) is 1. The van der Waals surface area contributed by atoms with Crippen molar-refractivity contribution >= 4 is 45.9 Å². The van der Waals surface area contributed by atoms with E-state index in [1.165, 1.54) is 31.4 Å². The number of aryl methyl sites for hydroxylation is 1. The first kappa shape index (κ1) is 30.9. The van der Waals surface area contributed by atoms with Crippen molar-refractivity contribution < 1.29 is 33.0 Å². The van der Waals surface area contributed by atoms with Crippen molar-refractivity contribution in [3.8, 4) is 22.8 Å². The molecule has 4 aromatic rings. The van der Waals surface area contributed by atoms with Crippen LogP contribution in [0.4, 0.5) is 8.78 Å². The van der Waals surface area contributed by atoms with Gasteiger partial charge in [0.25, 0.3) is 5.91 Å². The normalized spacial score (nSPS) is 18.7. The van der Waals surface area contributed by atoms with Gasteiger partial charge in [-0.25, -0.2) is 18.7 Å². The molecule has 234 valence electrons. The Labute approximate surface area is 266 Å². The fraction of sp³-hybridized carbons (Fsp3) is 0.312. The number of carbonyl (C=O) groups is 2. The number of halogens is 4. The van der Waals surface area contributed by atoms with Crippen molar-refractivity contribution in [3.05, 3.63) is 80.6 Å². The van der Waals surface area contributed by atoms with Crippen LogP contribution in [-0.4, -0.2) is 47.2 Å². The average molecular weight is 658 g/mol. The molecule has 4 N–H and O–H groups in total. The standard InChI is InChI=1S/C32H28Cl2F2N4O5/c1-14-21(34)9-15-8-16(10-22(44-3)26(15)39-14)29(41)38-12-32(43,17-4-5-17)23-11-19-28(45-13-31(19,2)30(37)42)27(40-23)18-6-7-20(33)25(36)24(18)35/h6-11,17,43H,4-5,12-13H2,1-3H3,(H2,37,42)(H,38,41)/t31-,32?/m0/s1. The SMILES string of the molecule is COc1cc(C(=O)NCC(O)(c2cc3c(c(-c4ccc(Cl)c(F)c4F)n2)OC[C@]3(C)C(N)=O)C2CC2)cc2cc(Cl)c(C)nc12. The topological polar surface area (TPSA) is 137 Å². The van der Waals surface area contributed by atoms with E-state index in [1.54, 1.807) is 26.0 Å². The first-order chi connectivity index (χ1) is 21.3. The summed E-state index contributed by atoms with van der Waals surface area (Å²) in [6, 6.07) is 8.73. The summed E-state index contributed by atoms with van der Waals surface area (Å²) >= 11 is 12.1. The molecule has 13 heteroatoms. The molecule has 1 aliphatic carbocycles. The largest absolute Gasteiger partial charge is 0.494 e. The summed E-state index contributed by atoms with van der Waals surface area (Å²) in [4.78, 5) is 35.1. The lowest BCUT2D eigenvalue weighted by molar-refractivity contribution is -0.123. The van der Waals surface area contributed by atoms with E-state index in [9.17, 15) is 19.1 Å². The van der Waals surface area contributed by atoms with E-state index >= 15 is 4.39 Å². The third-order valence-corrected chi connectivity index (χ3v) is 9.29. The fourth-order valence-electron chi connectivity index (χ4n) is 5.63. The van der Waals surface area contributed by atoms with Gasteiger partial charge in [0.05, 0.1) is 35.1 Å². The number of hydrogen-bond acceptors (Lipinski definition) is 7. The second-order valence-electron chi connectivity index (χ2n) is 11.6. The van der Waals surface area contributed by atoms with Crippen LogP contribution in [0.1, 0.15) is 47.1 Å². The van der Waals surface area contributed by atoms with Gasteiger partial charge in [0.15, 0.2) is 11.6 Å². The summed E-state index contributed by atoms with van der Waals surface area (Å²) in [5.41, 5.74) is 3.89. The van der Waals surface area contributed by atoms with Crippen molar-refractivity contribution in [3.63, 3.8) is 0 Å². The molecule has 45 heavy (non-hydrogen) atoms. The molecule has 0 radical (unpaired) electrons. The van der Waals surface area contributed by atoms with Gasteiger partial charge in [-0.2, -0.15) is 0 Å². The molecule has 2 aromatic heterocycles. The lowest BCUT2D eigenvalue weighted by Crippen LogP contribution is -2.44. The van der Waals surface area contributed by atoms with Crippen molar-refractivity contribution in [2.75, 3.05) is 20.3 Å². The summed E-state index contributed by atoms with van der Waals surface area (Å²) in [5, 5.41) is 15.5. The molecule has 1 fully saturated rings. The number of amides is 2. The smallest absolute Gasteiger partial charge is 0.251 e. The minimum atomic E-state index is -1.76. The lowest BCUT2D eigenvalue weighted by atomic mass is 9.81. The van der Waals surface area contributed by atoms with Gasteiger partial charge >= 0.3 is 0 Å². The van der Waals surface area contributed by atoms with E-state index in [1.807, 2.05) is 0 Å². The third-order valence-electron chi connectivity index (χ3n) is 8.62. The van der Waals surface area contributed by atoms with E-state index in [-0.39, 0.29) is 52.9 Å². The molecule has 2 atom stereocenters. The molecule has 6 rings (SSSR count). The zero-order chi connectivity index (χ0) is 32.4. The number of carbonyl (C=O) groups excluding carboxylic acids is 2. The Morgan fingerprint density at radius 2 is 1.89 bits per heavy atom. The molecule has 1 saturated carbocycles. The fourth-order valence-corrected chi connectivity index (χ4v) is 5.94. The summed E-state index contributed by atoms with van der Waals surface area (Å²) in [6.07, 6.45) is 1.22. The van der Waals surface area contributed by atoms with Gasteiger partial charge in [-0.3, -0.25) is 9.59 Å². The summed E-state index contributed by atoms with van der Waals surface area (Å²) < 4.78 is 41.1. The maximum absolute atomic E-state index is 15.2. The minimum absolute atomic E-state index is 0.0358. The molecule has 0 spiro atoms. The number of nitrogens with two attached hydrogens (primary N) is 1. The van der Waals surface area contributed by atoms with Crippen LogP contribution in [0.15, 0.2) is 36.4 Å². The van der Waals surface area contributed by atoms with Crippen LogP contribution in [0.2, 0.25) is 10.0 Å². The van der Waals surface area contributed by atoms with Crippen LogP contribution in [0, 0.1) is 24.5 Å². The maximum atomic E-state index is 15.2. The van der Waals surface area contributed by atoms with Crippen molar-refractivity contribution in [1.29, 1.82) is 0 Å². The van der Waals surface area contributed by atoms with E-state index in [2.05, 4.69) is 15.3 Å². The highest BCUT2D eigenvalue weighted by molar-refractivity contribution is 6.32. The quantitative estimate of drug-likeness (QED) is 0.217. The molecule has 0 bridgehead atoms. The van der Waals surface area contributed by atoms with E-state index in [0.717, 1.165) is 0 Å². The first-order valence-electron chi connectivity index (χ1n) is 14.1. The second kappa shape index (κ2) is 11.1. The number of primary amides is 1. The number of nitrogens with zero attached hydrogens (tertiary/aromatic N) is 2. The van der Waals surface area contributed by atoms with E-state index in [0.29, 0.717) is 40.2 Å². The average Bonchev–Trinajstić information content (AvgIpc) is 3.82. The van der Waals surface area contributed by atoms with Crippen LogP contribution in [0.3, 0.4) is 0 Å². The van der Waals surface area contributed by atoms with Crippen LogP contribution in [0.25, 0.3) is 22.2 Å². The van der Waals surface area contributed by atoms with Gasteiger partial charge in [0, 0.05) is 22.1 Å². The lowest BCUT2D eigenvalue weighted by Gasteiger charge is -2.30. The Morgan fingerprint density at radius 3 is 2.56 bits per heavy atom. The summed E-state index contributed by atoms with van der Waals surface area (Å²) in [6.45, 7) is 2.85. The zero-order valence-corrected chi connectivity index (χ0v) is 25.9. The Hall–Kier alpha value is -4.06. The molecule has 9 nitrogen and oxygen atoms in total. The first-order valence-corrected chi connectivity index (χ1v) is 14.8. The molecule has 1 unspecified atom stereocenters. The molecule has 2 aromatic carbocycles. The number of hydrogen-bond donors (Lipinski definition) is 3. The number of ether oxygens (including phenoxy) is 2. The van der Waals surface area contributed by atoms with Gasteiger partial charge in [-0.05, 0) is 69.0 Å². The Morgan fingerprint density at radius 1 is 1.16 bits per heavy atom. The van der Waals surface area contributed by atoms with Crippen molar-refractivity contribution in [1.82, 2.24) is 15.3 Å². The summed E-state index contributed by atoms with van der Waals surface area (Å²) in [7, 11) is 1.46. The van der Waals surface area contributed by atoms with Gasteiger partial charge in [-0.15, -0.1) is 0 Å². The molecule has 2 aliphatic rings. The number of pyridine rings is 2. The Bertz CT molecular complexity index is 1920. The highest BCUT2D eigenvalue weighted by Gasteiger charge is 2.50. The third kappa shape index (κ3) is 5.12. The zero-order valence-electron chi connectivity index (χ0n) is 24.4. The maximum Gasteiger partial charge on any atom is 0.251 e. The summed E-state index contributed by atoms with van der Waals surface area (Å²) in [5.74, 6) is -3.73.